The molecule has 1 aromatic heterocycles. The topological polar surface area (TPSA) is 93.8 Å². The van der Waals surface area contributed by atoms with E-state index >= 15 is 0 Å². The summed E-state index contributed by atoms with van der Waals surface area (Å²) in [6, 6.07) is 7.00. The van der Waals surface area contributed by atoms with E-state index in [0.717, 1.165) is 10.1 Å². The van der Waals surface area contributed by atoms with Crippen LogP contribution >= 0.6 is 0 Å². The van der Waals surface area contributed by atoms with E-state index in [-0.39, 0.29) is 18.2 Å². The number of amides is 1. The number of aromatic nitrogens is 2. The fraction of sp³-hybridized carbons (Fsp3) is 0.500. The number of hydrogen-bond acceptors (Lipinski definition) is 5. The van der Waals surface area contributed by atoms with Gasteiger partial charge in [-0.25, -0.2) is 4.79 Å². The van der Waals surface area contributed by atoms with E-state index in [1.165, 1.54) is 30.3 Å². The molecule has 8 heteroatoms. The quantitative estimate of drug-likeness (QED) is 0.808. The lowest BCUT2D eigenvalue weighted by atomic mass is 9.96. The Kier molecular flexibility index (Phi) is 6.17. The molecular weight excluding hydrogens is 386 g/mol. The molecule has 1 amide bonds. The number of aliphatic hydroxyl groups is 1. The maximum Gasteiger partial charge on any atom is 0.331 e. The van der Waals surface area contributed by atoms with Gasteiger partial charge in [-0.1, -0.05) is 6.07 Å². The Labute approximate surface area is 175 Å². The van der Waals surface area contributed by atoms with Gasteiger partial charge in [0.05, 0.1) is 0 Å². The van der Waals surface area contributed by atoms with Gasteiger partial charge in [0, 0.05) is 33.3 Å². The Balaban J connectivity index is 1.69. The largest absolute Gasteiger partial charge is 0.491 e. The highest BCUT2D eigenvalue weighted by Crippen LogP contribution is 2.25. The first kappa shape index (κ1) is 21.8. The van der Waals surface area contributed by atoms with E-state index in [9.17, 15) is 19.5 Å². The number of carbonyl (C=O) groups excluding carboxylic acids is 1. The Bertz CT molecular complexity index is 1070. The molecule has 1 aliphatic heterocycles. The summed E-state index contributed by atoms with van der Waals surface area (Å²) in [5.74, 6) is 0.325. The zero-order valence-electron chi connectivity index (χ0n) is 18.0. The van der Waals surface area contributed by atoms with E-state index in [1.807, 2.05) is 32.0 Å². The van der Waals surface area contributed by atoms with Crippen LogP contribution in [0.5, 0.6) is 5.75 Å². The van der Waals surface area contributed by atoms with Crippen LogP contribution in [0.4, 0.5) is 0 Å². The first-order valence-corrected chi connectivity index (χ1v) is 10.1. The van der Waals surface area contributed by atoms with Gasteiger partial charge in [0.1, 0.15) is 23.7 Å². The minimum absolute atomic E-state index is 0.0555. The first-order chi connectivity index (χ1) is 14.1. The van der Waals surface area contributed by atoms with Gasteiger partial charge in [0.2, 0.25) is 0 Å². The SMILES string of the molecule is Cc1ccc(OCC2(O)CCCN(C(=O)c3cc(=O)n(C)c(=O)n3C)CC2)cc1C. The van der Waals surface area contributed by atoms with Gasteiger partial charge in [-0.05, 0) is 56.4 Å². The van der Waals surface area contributed by atoms with Crippen molar-refractivity contribution in [1.82, 2.24) is 14.0 Å². The minimum atomic E-state index is -1.05. The van der Waals surface area contributed by atoms with Crippen LogP contribution in [-0.2, 0) is 14.1 Å². The summed E-state index contributed by atoms with van der Waals surface area (Å²) in [5.41, 5.74) is 0.243. The van der Waals surface area contributed by atoms with Crippen molar-refractivity contribution in [3.63, 3.8) is 0 Å². The minimum Gasteiger partial charge on any atom is -0.491 e. The summed E-state index contributed by atoms with van der Waals surface area (Å²) in [4.78, 5) is 38.6. The standard InChI is InChI=1S/C22H29N3O5/c1-15-6-7-17(12-16(15)2)30-14-22(29)8-5-10-25(11-9-22)20(27)18-13-19(26)24(4)21(28)23(18)3/h6-7,12-13,29H,5,8-11,14H2,1-4H3. The highest BCUT2D eigenvalue weighted by molar-refractivity contribution is 5.92. The number of likely N-dealkylation sites (tertiary alicyclic amines) is 1. The molecule has 1 aromatic carbocycles. The molecule has 0 saturated carbocycles. The summed E-state index contributed by atoms with van der Waals surface area (Å²) >= 11 is 0. The average Bonchev–Trinajstić information content (AvgIpc) is 2.91. The second kappa shape index (κ2) is 8.47. The van der Waals surface area contributed by atoms with Crippen LogP contribution in [0.15, 0.2) is 33.9 Å². The van der Waals surface area contributed by atoms with Crippen molar-refractivity contribution >= 4 is 5.91 Å². The van der Waals surface area contributed by atoms with E-state index in [1.54, 1.807) is 4.90 Å². The molecule has 3 rings (SSSR count). The highest BCUT2D eigenvalue weighted by atomic mass is 16.5. The second-order valence-corrected chi connectivity index (χ2v) is 8.17. The molecule has 162 valence electrons. The normalized spacial score (nSPS) is 19.4. The number of nitrogens with zero attached hydrogens (tertiary/aromatic N) is 3. The third-order valence-corrected chi connectivity index (χ3v) is 5.94. The van der Waals surface area contributed by atoms with Gasteiger partial charge in [0.15, 0.2) is 0 Å². The second-order valence-electron chi connectivity index (χ2n) is 8.17. The van der Waals surface area contributed by atoms with Crippen molar-refractivity contribution in [1.29, 1.82) is 0 Å². The fourth-order valence-electron chi connectivity index (χ4n) is 3.65. The number of ether oxygens (including phenoxy) is 1. The maximum absolute atomic E-state index is 13.0. The Hall–Kier alpha value is -2.87. The fourth-order valence-corrected chi connectivity index (χ4v) is 3.65. The number of hydrogen-bond donors (Lipinski definition) is 1. The number of aryl methyl sites for hydroxylation is 2. The summed E-state index contributed by atoms with van der Waals surface area (Å²) < 4.78 is 7.99. The van der Waals surface area contributed by atoms with Gasteiger partial charge in [-0.3, -0.25) is 18.7 Å². The molecular formula is C22H29N3O5. The zero-order chi connectivity index (χ0) is 22.1. The predicted octanol–water partition coefficient (Wildman–Crippen LogP) is 1.14. The molecule has 8 nitrogen and oxygen atoms in total. The molecule has 30 heavy (non-hydrogen) atoms. The Morgan fingerprint density at radius 1 is 1.07 bits per heavy atom. The molecule has 1 fully saturated rings. The van der Waals surface area contributed by atoms with E-state index in [0.29, 0.717) is 38.1 Å². The van der Waals surface area contributed by atoms with Crippen LogP contribution in [-0.4, -0.2) is 50.3 Å². The Morgan fingerprint density at radius 3 is 2.50 bits per heavy atom. The lowest BCUT2D eigenvalue weighted by Gasteiger charge is -2.27. The number of rotatable bonds is 4. The molecule has 0 spiro atoms. The van der Waals surface area contributed by atoms with E-state index in [2.05, 4.69) is 0 Å². The zero-order valence-corrected chi connectivity index (χ0v) is 18.0. The van der Waals surface area contributed by atoms with Crippen LogP contribution < -0.4 is 16.0 Å². The maximum atomic E-state index is 13.0. The van der Waals surface area contributed by atoms with Crippen molar-refractivity contribution in [2.24, 2.45) is 14.1 Å². The average molecular weight is 415 g/mol. The highest BCUT2D eigenvalue weighted by Gasteiger charge is 2.33. The predicted molar refractivity (Wildman–Crippen MR) is 113 cm³/mol. The molecule has 1 N–H and O–H groups in total. The van der Waals surface area contributed by atoms with Crippen molar-refractivity contribution < 1.29 is 14.6 Å². The molecule has 1 atom stereocenters. The van der Waals surface area contributed by atoms with Crippen molar-refractivity contribution in [2.45, 2.75) is 38.7 Å². The molecule has 1 aliphatic rings. The van der Waals surface area contributed by atoms with Crippen molar-refractivity contribution in [3.05, 3.63) is 61.9 Å². The van der Waals surface area contributed by atoms with Crippen molar-refractivity contribution in [3.8, 4) is 5.75 Å². The number of benzene rings is 1. The van der Waals surface area contributed by atoms with E-state index < -0.39 is 16.9 Å². The third kappa shape index (κ3) is 4.48. The summed E-state index contributed by atoms with van der Waals surface area (Å²) in [7, 11) is 2.85. The molecule has 0 radical (unpaired) electrons. The number of carbonyl (C=O) groups is 1. The summed E-state index contributed by atoms with van der Waals surface area (Å²) in [5, 5.41) is 11.0. The van der Waals surface area contributed by atoms with Gasteiger partial charge in [0.25, 0.3) is 11.5 Å². The molecule has 0 aliphatic carbocycles. The molecule has 0 bridgehead atoms. The van der Waals surface area contributed by atoms with E-state index in [4.69, 9.17) is 4.74 Å². The van der Waals surface area contributed by atoms with Gasteiger partial charge < -0.3 is 14.7 Å². The van der Waals surface area contributed by atoms with Crippen LogP contribution in [0.1, 0.15) is 40.9 Å². The lowest BCUT2D eigenvalue weighted by Crippen LogP contribution is -2.43. The Morgan fingerprint density at radius 2 is 1.80 bits per heavy atom. The van der Waals surface area contributed by atoms with Crippen LogP contribution in [0.3, 0.4) is 0 Å². The molecule has 2 aromatic rings. The summed E-state index contributed by atoms with van der Waals surface area (Å²) in [6.07, 6.45) is 1.44. The van der Waals surface area contributed by atoms with Gasteiger partial charge >= 0.3 is 5.69 Å². The van der Waals surface area contributed by atoms with Crippen LogP contribution in [0.25, 0.3) is 0 Å². The third-order valence-electron chi connectivity index (χ3n) is 5.94. The van der Waals surface area contributed by atoms with Crippen molar-refractivity contribution in [2.75, 3.05) is 19.7 Å². The molecule has 1 unspecified atom stereocenters. The monoisotopic (exact) mass is 415 g/mol. The lowest BCUT2D eigenvalue weighted by molar-refractivity contribution is -0.0163. The molecule has 1 saturated heterocycles. The summed E-state index contributed by atoms with van der Waals surface area (Å²) in [6.45, 7) is 4.93. The molecule has 2 heterocycles. The van der Waals surface area contributed by atoms with Crippen LogP contribution in [0, 0.1) is 13.8 Å². The van der Waals surface area contributed by atoms with Gasteiger partial charge in [-0.15, -0.1) is 0 Å². The van der Waals surface area contributed by atoms with Gasteiger partial charge in [-0.2, -0.15) is 0 Å². The first-order valence-electron chi connectivity index (χ1n) is 10.1. The van der Waals surface area contributed by atoms with Crippen LogP contribution in [0.2, 0.25) is 0 Å². The smallest absolute Gasteiger partial charge is 0.331 e.